The van der Waals surface area contributed by atoms with Gasteiger partial charge < -0.3 is 15.2 Å². The molecule has 1 fully saturated rings. The number of ether oxygens (including phenoxy) is 2. The van der Waals surface area contributed by atoms with Crippen LogP contribution >= 0.6 is 12.4 Å². The highest BCUT2D eigenvalue weighted by atomic mass is 35.5. The number of nitrogens with zero attached hydrogens (tertiary/aromatic N) is 3. The van der Waals surface area contributed by atoms with E-state index >= 15 is 0 Å². The van der Waals surface area contributed by atoms with Crippen LogP contribution in [0.2, 0.25) is 0 Å². The Balaban J connectivity index is 0.00000272. The van der Waals surface area contributed by atoms with E-state index < -0.39 is 0 Å². The Bertz CT molecular complexity index is 1020. The van der Waals surface area contributed by atoms with E-state index in [2.05, 4.69) is 10.00 Å². The first-order chi connectivity index (χ1) is 14.6. The molecule has 0 atom stereocenters. The predicted octanol–water partition coefficient (Wildman–Crippen LogP) is 2.96. The number of ketones is 1. The number of halogens is 2. The van der Waals surface area contributed by atoms with Crippen molar-refractivity contribution in [2.24, 2.45) is 0 Å². The Morgan fingerprint density at radius 2 is 1.90 bits per heavy atom. The number of carbonyl (C=O) groups excluding carboxylic acids is 1. The lowest BCUT2D eigenvalue weighted by molar-refractivity contribution is 0.0322. The molecule has 0 bridgehead atoms. The van der Waals surface area contributed by atoms with Crippen LogP contribution in [0.1, 0.15) is 15.9 Å². The highest BCUT2D eigenvalue weighted by Crippen LogP contribution is 2.22. The largest absolute Gasteiger partial charge is 0.492 e. The Morgan fingerprint density at radius 1 is 1.16 bits per heavy atom. The molecule has 164 valence electrons. The van der Waals surface area contributed by atoms with Crippen LogP contribution in [0.4, 0.5) is 10.2 Å². The summed E-state index contributed by atoms with van der Waals surface area (Å²) in [5.41, 5.74) is 7.47. The van der Waals surface area contributed by atoms with Crippen molar-refractivity contribution in [3.8, 4) is 11.4 Å². The average Bonchev–Trinajstić information content (AvgIpc) is 3.16. The molecular formula is C22H24ClFN4O3. The van der Waals surface area contributed by atoms with Gasteiger partial charge in [0.05, 0.1) is 30.7 Å². The number of nitrogens with two attached hydrogens (primary N) is 1. The summed E-state index contributed by atoms with van der Waals surface area (Å²) in [5, 5.41) is 4.19. The number of aromatic nitrogens is 2. The maximum atomic E-state index is 13.2. The molecule has 0 saturated carbocycles. The van der Waals surface area contributed by atoms with Crippen molar-refractivity contribution < 1.29 is 18.7 Å². The summed E-state index contributed by atoms with van der Waals surface area (Å²) in [6.45, 7) is 4.63. The first-order valence-electron chi connectivity index (χ1n) is 9.79. The standard InChI is InChI=1S/C22H23FN4O3.ClH/c23-17-4-6-18(7-5-17)27-22(24)20(15-25-27)21(28)16-2-1-3-19(14-16)30-13-10-26-8-11-29-12-9-26;/h1-7,14-15H,8-13,24H2;1H. The lowest BCUT2D eigenvalue weighted by Gasteiger charge is -2.26. The van der Waals surface area contributed by atoms with Crippen LogP contribution in [-0.2, 0) is 4.74 Å². The lowest BCUT2D eigenvalue weighted by Crippen LogP contribution is -2.38. The summed E-state index contributed by atoms with van der Waals surface area (Å²) < 4.78 is 25.7. The molecule has 1 aromatic heterocycles. The summed E-state index contributed by atoms with van der Waals surface area (Å²) in [6, 6.07) is 12.7. The number of nitrogen functional groups attached to an aromatic ring is 1. The van der Waals surface area contributed by atoms with Crippen molar-refractivity contribution >= 4 is 24.0 Å². The molecule has 1 saturated heterocycles. The maximum absolute atomic E-state index is 13.2. The zero-order valence-corrected chi connectivity index (χ0v) is 17.7. The summed E-state index contributed by atoms with van der Waals surface area (Å²) in [6.07, 6.45) is 1.42. The van der Waals surface area contributed by atoms with Crippen LogP contribution in [0.15, 0.2) is 54.7 Å². The van der Waals surface area contributed by atoms with E-state index in [1.54, 1.807) is 30.3 Å². The van der Waals surface area contributed by atoms with E-state index in [0.29, 0.717) is 23.6 Å². The second kappa shape index (κ2) is 10.4. The summed E-state index contributed by atoms with van der Waals surface area (Å²) in [7, 11) is 0. The number of benzene rings is 2. The van der Waals surface area contributed by atoms with Crippen molar-refractivity contribution in [3.05, 3.63) is 71.7 Å². The van der Waals surface area contributed by atoms with E-state index in [4.69, 9.17) is 15.2 Å². The van der Waals surface area contributed by atoms with E-state index in [1.807, 2.05) is 6.07 Å². The third-order valence-corrected chi connectivity index (χ3v) is 5.00. The summed E-state index contributed by atoms with van der Waals surface area (Å²) in [4.78, 5) is 15.2. The first kappa shape index (κ1) is 22.7. The smallest absolute Gasteiger partial charge is 0.198 e. The number of rotatable bonds is 7. The van der Waals surface area contributed by atoms with Crippen molar-refractivity contribution in [2.45, 2.75) is 0 Å². The molecule has 1 aliphatic rings. The molecule has 2 heterocycles. The molecule has 31 heavy (non-hydrogen) atoms. The maximum Gasteiger partial charge on any atom is 0.198 e. The molecule has 0 unspecified atom stereocenters. The monoisotopic (exact) mass is 446 g/mol. The Morgan fingerprint density at radius 3 is 2.65 bits per heavy atom. The van der Waals surface area contributed by atoms with Crippen LogP contribution < -0.4 is 10.5 Å². The molecule has 0 amide bonds. The minimum atomic E-state index is -0.355. The highest BCUT2D eigenvalue weighted by Gasteiger charge is 2.18. The Hall–Kier alpha value is -2.94. The normalized spacial score (nSPS) is 14.1. The number of carbonyl (C=O) groups is 1. The van der Waals surface area contributed by atoms with E-state index in [9.17, 15) is 9.18 Å². The van der Waals surface area contributed by atoms with Crippen molar-refractivity contribution in [3.63, 3.8) is 0 Å². The highest BCUT2D eigenvalue weighted by molar-refractivity contribution is 6.11. The average molecular weight is 447 g/mol. The second-order valence-corrected chi connectivity index (χ2v) is 6.99. The van der Waals surface area contributed by atoms with Crippen LogP contribution in [0.5, 0.6) is 5.75 Å². The molecule has 0 spiro atoms. The van der Waals surface area contributed by atoms with Gasteiger partial charge in [-0.25, -0.2) is 9.07 Å². The van der Waals surface area contributed by atoms with E-state index in [1.165, 1.54) is 23.0 Å². The van der Waals surface area contributed by atoms with Crippen LogP contribution in [0.3, 0.4) is 0 Å². The SMILES string of the molecule is Cl.Nc1c(C(=O)c2cccc(OCCN3CCOCC3)c2)cnn1-c1ccc(F)cc1. The predicted molar refractivity (Wildman–Crippen MR) is 118 cm³/mol. The molecule has 2 N–H and O–H groups in total. The molecule has 2 aromatic carbocycles. The molecule has 0 radical (unpaired) electrons. The second-order valence-electron chi connectivity index (χ2n) is 6.99. The number of anilines is 1. The third-order valence-electron chi connectivity index (χ3n) is 5.00. The molecule has 0 aliphatic carbocycles. The number of morpholine rings is 1. The van der Waals surface area contributed by atoms with E-state index in [0.717, 1.165) is 32.8 Å². The van der Waals surface area contributed by atoms with Gasteiger partial charge >= 0.3 is 0 Å². The fraction of sp³-hybridized carbons (Fsp3) is 0.273. The lowest BCUT2D eigenvalue weighted by atomic mass is 10.1. The third kappa shape index (κ3) is 5.41. The molecule has 7 nitrogen and oxygen atoms in total. The summed E-state index contributed by atoms with van der Waals surface area (Å²) in [5.74, 6) is 0.217. The molecule has 1 aliphatic heterocycles. The molecule has 3 aromatic rings. The van der Waals surface area contributed by atoms with Crippen LogP contribution in [0, 0.1) is 5.82 Å². The van der Waals surface area contributed by atoms with Gasteiger partial charge in [-0.15, -0.1) is 12.4 Å². The number of hydrogen-bond donors (Lipinski definition) is 1. The van der Waals surface area contributed by atoms with E-state index in [-0.39, 0.29) is 35.4 Å². The number of hydrogen-bond acceptors (Lipinski definition) is 6. The Kier molecular flexibility index (Phi) is 7.62. The van der Waals surface area contributed by atoms with Gasteiger partial charge in [0.25, 0.3) is 0 Å². The molecule has 4 rings (SSSR count). The van der Waals surface area contributed by atoms with Gasteiger partial charge in [0.1, 0.15) is 24.0 Å². The quantitative estimate of drug-likeness (QED) is 0.562. The van der Waals surface area contributed by atoms with Crippen LogP contribution in [0.25, 0.3) is 5.69 Å². The van der Waals surface area contributed by atoms with Crippen molar-refractivity contribution in [2.75, 3.05) is 45.2 Å². The van der Waals surface area contributed by atoms with Gasteiger partial charge in [0.15, 0.2) is 5.78 Å². The minimum absolute atomic E-state index is 0. The molecule has 9 heteroatoms. The van der Waals surface area contributed by atoms with Crippen molar-refractivity contribution in [1.82, 2.24) is 14.7 Å². The fourth-order valence-corrected chi connectivity index (χ4v) is 3.32. The van der Waals surface area contributed by atoms with Gasteiger partial charge in [0.2, 0.25) is 0 Å². The zero-order valence-electron chi connectivity index (χ0n) is 16.9. The van der Waals surface area contributed by atoms with Gasteiger partial charge in [-0.05, 0) is 36.4 Å². The van der Waals surface area contributed by atoms with Crippen molar-refractivity contribution in [1.29, 1.82) is 0 Å². The van der Waals surface area contributed by atoms with Gasteiger partial charge in [0, 0.05) is 25.2 Å². The Labute approximate surface area is 186 Å². The van der Waals surface area contributed by atoms with Gasteiger partial charge in [-0.3, -0.25) is 9.69 Å². The zero-order chi connectivity index (χ0) is 20.9. The van der Waals surface area contributed by atoms with Crippen LogP contribution in [-0.4, -0.2) is 59.9 Å². The van der Waals surface area contributed by atoms with Gasteiger partial charge in [-0.1, -0.05) is 12.1 Å². The van der Waals surface area contributed by atoms with Gasteiger partial charge in [-0.2, -0.15) is 5.10 Å². The summed E-state index contributed by atoms with van der Waals surface area (Å²) >= 11 is 0. The first-order valence-corrected chi connectivity index (χ1v) is 9.79. The topological polar surface area (TPSA) is 82.6 Å². The molecular weight excluding hydrogens is 423 g/mol. The minimum Gasteiger partial charge on any atom is -0.492 e. The fourth-order valence-electron chi connectivity index (χ4n) is 3.32.